The minimum atomic E-state index is -1.06. The second-order valence-electron chi connectivity index (χ2n) is 8.56. The second-order valence-corrected chi connectivity index (χ2v) is 8.56. The molecule has 3 atom stereocenters. The minimum absolute atomic E-state index is 0.0142. The third kappa shape index (κ3) is 4.71. The van der Waals surface area contributed by atoms with E-state index < -0.39 is 24.0 Å². The number of likely N-dealkylation sites (N-methyl/N-ethyl adjacent to an activating group) is 1. The summed E-state index contributed by atoms with van der Waals surface area (Å²) in [6.07, 6.45) is -0.445. The van der Waals surface area contributed by atoms with Crippen LogP contribution in [0.5, 0.6) is 0 Å². The molecule has 1 heterocycles. The van der Waals surface area contributed by atoms with Crippen LogP contribution in [0.2, 0.25) is 0 Å². The van der Waals surface area contributed by atoms with Gasteiger partial charge in [0.25, 0.3) is 0 Å². The Balaban J connectivity index is 1.26. The van der Waals surface area contributed by atoms with Crippen molar-refractivity contribution in [1.82, 2.24) is 10.2 Å². The summed E-state index contributed by atoms with van der Waals surface area (Å²) < 4.78 is 11.2. The average Bonchev–Trinajstić information content (AvgIpc) is 3.43. The van der Waals surface area contributed by atoms with Gasteiger partial charge in [0, 0.05) is 19.5 Å². The van der Waals surface area contributed by atoms with Crippen molar-refractivity contribution in [3.05, 3.63) is 59.7 Å². The normalized spacial score (nSPS) is 19.9. The summed E-state index contributed by atoms with van der Waals surface area (Å²) in [5, 5.41) is 11.8. The zero-order valence-electron chi connectivity index (χ0n) is 18.7. The monoisotopic (exact) mass is 452 g/mol. The van der Waals surface area contributed by atoms with Gasteiger partial charge in [0.1, 0.15) is 12.6 Å². The maximum atomic E-state index is 12.5. The van der Waals surface area contributed by atoms with Crippen molar-refractivity contribution in [2.45, 2.75) is 31.4 Å². The van der Waals surface area contributed by atoms with Gasteiger partial charge in [-0.25, -0.2) is 9.59 Å². The first-order chi connectivity index (χ1) is 15.9. The molecule has 0 aromatic heterocycles. The Morgan fingerprint density at radius 2 is 1.73 bits per heavy atom. The van der Waals surface area contributed by atoms with Crippen LogP contribution in [0.1, 0.15) is 30.4 Å². The minimum Gasteiger partial charge on any atom is -0.480 e. The number of rotatable bonds is 7. The van der Waals surface area contributed by atoms with Gasteiger partial charge in [0.15, 0.2) is 0 Å². The molecule has 0 saturated carbocycles. The number of hydrogen-bond acceptors (Lipinski definition) is 5. The topological polar surface area (TPSA) is 105 Å². The van der Waals surface area contributed by atoms with Crippen LogP contribution < -0.4 is 5.32 Å². The third-order valence-corrected chi connectivity index (χ3v) is 6.53. The van der Waals surface area contributed by atoms with Gasteiger partial charge in [0.05, 0.1) is 18.6 Å². The van der Waals surface area contributed by atoms with Crippen LogP contribution >= 0.6 is 0 Å². The summed E-state index contributed by atoms with van der Waals surface area (Å²) in [6, 6.07) is 15.4. The SMILES string of the molecule is CC(C(=O)O)N(C)C(=O)C1COC(CNC(=O)OCC2c3ccccc3-c3ccccc32)C1. The predicted octanol–water partition coefficient (Wildman–Crippen LogP) is 2.86. The molecule has 8 heteroatoms. The van der Waals surface area contributed by atoms with Crippen LogP contribution in [0.3, 0.4) is 0 Å². The third-order valence-electron chi connectivity index (χ3n) is 6.53. The zero-order valence-corrected chi connectivity index (χ0v) is 18.7. The first kappa shape index (κ1) is 22.8. The van der Waals surface area contributed by atoms with Crippen molar-refractivity contribution < 1.29 is 29.0 Å². The first-order valence-electron chi connectivity index (χ1n) is 11.1. The quantitative estimate of drug-likeness (QED) is 0.669. The van der Waals surface area contributed by atoms with E-state index in [1.165, 1.54) is 30.0 Å². The number of nitrogens with zero attached hydrogens (tertiary/aromatic N) is 1. The Morgan fingerprint density at radius 1 is 1.12 bits per heavy atom. The number of alkyl carbamates (subject to hydrolysis) is 1. The molecule has 1 saturated heterocycles. The van der Waals surface area contributed by atoms with Gasteiger partial charge >= 0.3 is 12.1 Å². The van der Waals surface area contributed by atoms with Gasteiger partial charge in [-0.1, -0.05) is 48.5 Å². The van der Waals surface area contributed by atoms with Crippen molar-refractivity contribution in [3.8, 4) is 11.1 Å². The molecule has 0 bridgehead atoms. The van der Waals surface area contributed by atoms with Crippen LogP contribution in [-0.4, -0.2) is 66.9 Å². The lowest BCUT2D eigenvalue weighted by atomic mass is 9.98. The molecule has 0 spiro atoms. The van der Waals surface area contributed by atoms with E-state index in [0.717, 1.165) is 11.1 Å². The Kier molecular flexibility index (Phi) is 6.65. The van der Waals surface area contributed by atoms with Crippen molar-refractivity contribution in [3.63, 3.8) is 0 Å². The number of carboxylic acid groups (broad SMARTS) is 1. The smallest absolute Gasteiger partial charge is 0.407 e. The van der Waals surface area contributed by atoms with E-state index in [-0.39, 0.29) is 37.7 Å². The van der Waals surface area contributed by atoms with Crippen LogP contribution in [0.15, 0.2) is 48.5 Å². The van der Waals surface area contributed by atoms with Crippen molar-refractivity contribution in [1.29, 1.82) is 0 Å². The van der Waals surface area contributed by atoms with E-state index in [4.69, 9.17) is 14.6 Å². The fraction of sp³-hybridized carbons (Fsp3) is 0.400. The largest absolute Gasteiger partial charge is 0.480 e. The van der Waals surface area contributed by atoms with Gasteiger partial charge in [-0.3, -0.25) is 4.79 Å². The highest BCUT2D eigenvalue weighted by Crippen LogP contribution is 2.44. The molecule has 2 amide bonds. The summed E-state index contributed by atoms with van der Waals surface area (Å²) in [5.41, 5.74) is 4.62. The standard InChI is InChI=1S/C25H28N2O6/c1-15(24(29)30)27(2)23(28)16-11-17(32-13-16)12-26-25(31)33-14-22-20-9-5-3-7-18(20)19-8-4-6-10-21(19)22/h3-10,15-17,22H,11-14H2,1-2H3,(H,26,31)(H,29,30). The molecule has 33 heavy (non-hydrogen) atoms. The molecule has 2 aromatic rings. The number of benzene rings is 2. The molecular weight excluding hydrogens is 424 g/mol. The number of carboxylic acids is 1. The van der Waals surface area contributed by atoms with E-state index >= 15 is 0 Å². The molecule has 2 N–H and O–H groups in total. The van der Waals surface area contributed by atoms with Crippen molar-refractivity contribution in [2.24, 2.45) is 5.92 Å². The Hall–Kier alpha value is -3.39. The maximum absolute atomic E-state index is 12.5. The molecule has 8 nitrogen and oxygen atoms in total. The van der Waals surface area contributed by atoms with Crippen LogP contribution in [-0.2, 0) is 19.1 Å². The van der Waals surface area contributed by atoms with Gasteiger partial charge in [0.2, 0.25) is 5.91 Å². The number of ether oxygens (including phenoxy) is 2. The van der Waals surface area contributed by atoms with E-state index in [9.17, 15) is 14.4 Å². The van der Waals surface area contributed by atoms with Gasteiger partial charge in [-0.05, 0) is 35.6 Å². The number of aliphatic carboxylic acids is 1. The van der Waals surface area contributed by atoms with Crippen LogP contribution in [0.4, 0.5) is 4.79 Å². The van der Waals surface area contributed by atoms with E-state index in [2.05, 4.69) is 29.6 Å². The van der Waals surface area contributed by atoms with Crippen molar-refractivity contribution in [2.75, 3.05) is 26.8 Å². The molecule has 4 rings (SSSR count). The number of nitrogens with one attached hydrogen (secondary N) is 1. The maximum Gasteiger partial charge on any atom is 0.407 e. The molecule has 1 fully saturated rings. The summed E-state index contributed by atoms with van der Waals surface area (Å²) in [4.78, 5) is 37.2. The van der Waals surface area contributed by atoms with Crippen molar-refractivity contribution >= 4 is 18.0 Å². The predicted molar refractivity (Wildman–Crippen MR) is 121 cm³/mol. The summed E-state index contributed by atoms with van der Waals surface area (Å²) in [5.74, 6) is -1.77. The molecule has 0 radical (unpaired) electrons. The molecule has 2 aliphatic rings. The Bertz CT molecular complexity index is 1010. The highest BCUT2D eigenvalue weighted by molar-refractivity contribution is 5.85. The fourth-order valence-electron chi connectivity index (χ4n) is 4.51. The molecule has 174 valence electrons. The number of hydrogen-bond donors (Lipinski definition) is 2. The molecule has 1 aliphatic carbocycles. The summed E-state index contributed by atoms with van der Waals surface area (Å²) in [6.45, 7) is 2.11. The number of fused-ring (bicyclic) bond motifs is 3. The number of amides is 2. The average molecular weight is 453 g/mol. The molecule has 3 unspecified atom stereocenters. The molecular formula is C25H28N2O6. The lowest BCUT2D eigenvalue weighted by Gasteiger charge is -2.24. The molecule has 2 aromatic carbocycles. The fourth-order valence-corrected chi connectivity index (χ4v) is 4.51. The summed E-state index contributed by atoms with van der Waals surface area (Å²) in [7, 11) is 1.48. The number of carbonyl (C=O) groups is 3. The summed E-state index contributed by atoms with van der Waals surface area (Å²) >= 11 is 0. The molecule has 1 aliphatic heterocycles. The number of carbonyl (C=O) groups excluding carboxylic acids is 2. The van der Waals surface area contributed by atoms with Crippen LogP contribution in [0.25, 0.3) is 11.1 Å². The van der Waals surface area contributed by atoms with Gasteiger partial charge in [-0.2, -0.15) is 0 Å². The lowest BCUT2D eigenvalue weighted by molar-refractivity contribution is -0.149. The van der Waals surface area contributed by atoms with E-state index in [0.29, 0.717) is 6.42 Å². The van der Waals surface area contributed by atoms with E-state index in [1.807, 2.05) is 24.3 Å². The lowest BCUT2D eigenvalue weighted by Crippen LogP contribution is -2.43. The first-order valence-corrected chi connectivity index (χ1v) is 11.1. The van der Waals surface area contributed by atoms with Gasteiger partial charge in [-0.15, -0.1) is 0 Å². The van der Waals surface area contributed by atoms with E-state index in [1.54, 1.807) is 0 Å². The Labute approximate surface area is 192 Å². The zero-order chi connectivity index (χ0) is 23.5. The highest BCUT2D eigenvalue weighted by Gasteiger charge is 2.35. The highest BCUT2D eigenvalue weighted by atomic mass is 16.5. The van der Waals surface area contributed by atoms with Crippen LogP contribution in [0, 0.1) is 5.92 Å². The second kappa shape index (κ2) is 9.62. The van der Waals surface area contributed by atoms with Gasteiger partial charge < -0.3 is 24.8 Å². The Morgan fingerprint density at radius 3 is 2.33 bits per heavy atom.